The fourth-order valence-corrected chi connectivity index (χ4v) is 2.62. The Morgan fingerprint density at radius 3 is 2.59 bits per heavy atom. The molecular formula is C9H3ClNNaO4S. The number of nitro benzene ring substituents is 1. The van der Waals surface area contributed by atoms with Gasteiger partial charge in [-0.15, -0.1) is 11.3 Å². The molecule has 8 heteroatoms. The predicted octanol–water partition coefficient (Wildman–Crippen LogP) is -1.17. The Kier molecular flexibility index (Phi) is 4.51. The summed E-state index contributed by atoms with van der Waals surface area (Å²) in [6.07, 6.45) is 0. The van der Waals surface area contributed by atoms with Gasteiger partial charge < -0.3 is 9.90 Å². The average molecular weight is 280 g/mol. The number of thiophene rings is 1. The smallest absolute Gasteiger partial charge is 0.544 e. The SMILES string of the molecule is O=C([O-])c1sc2ccc([N+](=O)[O-])cc2c1Cl.[Na+]. The van der Waals surface area contributed by atoms with E-state index < -0.39 is 10.9 Å². The van der Waals surface area contributed by atoms with Crippen LogP contribution in [-0.2, 0) is 0 Å². The number of nitrogens with zero attached hydrogens (tertiary/aromatic N) is 1. The van der Waals surface area contributed by atoms with Crippen LogP contribution in [0.25, 0.3) is 10.1 Å². The van der Waals surface area contributed by atoms with E-state index >= 15 is 0 Å². The molecule has 1 aromatic heterocycles. The van der Waals surface area contributed by atoms with Crippen LogP contribution in [0, 0.1) is 10.1 Å². The molecule has 0 aliphatic heterocycles. The molecule has 1 heterocycles. The van der Waals surface area contributed by atoms with Gasteiger partial charge in [0.2, 0.25) is 0 Å². The van der Waals surface area contributed by atoms with Crippen molar-refractivity contribution in [2.75, 3.05) is 0 Å². The summed E-state index contributed by atoms with van der Waals surface area (Å²) >= 11 is 6.73. The third kappa shape index (κ3) is 2.61. The summed E-state index contributed by atoms with van der Waals surface area (Å²) in [6.45, 7) is 0. The van der Waals surface area contributed by atoms with Gasteiger partial charge in [0.25, 0.3) is 5.69 Å². The molecule has 0 unspecified atom stereocenters. The van der Waals surface area contributed by atoms with Crippen molar-refractivity contribution in [3.63, 3.8) is 0 Å². The predicted molar refractivity (Wildman–Crippen MR) is 57.8 cm³/mol. The molecule has 0 aliphatic rings. The van der Waals surface area contributed by atoms with Crippen LogP contribution in [0.2, 0.25) is 5.02 Å². The van der Waals surface area contributed by atoms with Crippen molar-refractivity contribution in [3.8, 4) is 0 Å². The fraction of sp³-hybridized carbons (Fsp3) is 0. The topological polar surface area (TPSA) is 83.3 Å². The number of carbonyl (C=O) groups is 1. The minimum Gasteiger partial charge on any atom is -0.544 e. The zero-order valence-electron chi connectivity index (χ0n) is 8.60. The van der Waals surface area contributed by atoms with Crippen molar-refractivity contribution in [3.05, 3.63) is 38.2 Å². The molecule has 0 saturated heterocycles. The number of fused-ring (bicyclic) bond motifs is 1. The van der Waals surface area contributed by atoms with Crippen molar-refractivity contribution in [2.45, 2.75) is 0 Å². The van der Waals surface area contributed by atoms with Crippen LogP contribution in [0.3, 0.4) is 0 Å². The summed E-state index contributed by atoms with van der Waals surface area (Å²) in [5, 5.41) is 21.6. The Morgan fingerprint density at radius 1 is 1.41 bits per heavy atom. The monoisotopic (exact) mass is 279 g/mol. The average Bonchev–Trinajstić information content (AvgIpc) is 2.56. The number of benzene rings is 1. The van der Waals surface area contributed by atoms with Gasteiger partial charge in [-0.3, -0.25) is 10.1 Å². The van der Waals surface area contributed by atoms with E-state index in [1.807, 2.05) is 0 Å². The zero-order valence-corrected chi connectivity index (χ0v) is 12.2. The Hall–Kier alpha value is -0.660. The van der Waals surface area contributed by atoms with Gasteiger partial charge in [0.15, 0.2) is 0 Å². The van der Waals surface area contributed by atoms with Gasteiger partial charge in [-0.05, 0) is 6.07 Å². The van der Waals surface area contributed by atoms with E-state index in [0.29, 0.717) is 10.1 Å². The molecule has 0 aliphatic carbocycles. The van der Waals surface area contributed by atoms with E-state index in [4.69, 9.17) is 11.6 Å². The molecule has 0 atom stereocenters. The second-order valence-corrected chi connectivity index (χ2v) is 4.40. The Bertz CT molecular complexity index is 612. The van der Waals surface area contributed by atoms with E-state index in [1.165, 1.54) is 18.2 Å². The fourth-order valence-electron chi connectivity index (χ4n) is 1.30. The van der Waals surface area contributed by atoms with Gasteiger partial charge in [0.05, 0.1) is 20.8 Å². The molecule has 2 rings (SSSR count). The molecule has 82 valence electrons. The van der Waals surface area contributed by atoms with E-state index in [1.54, 1.807) is 0 Å². The number of nitro groups is 1. The standard InChI is InChI=1S/C9H4ClNO4S.Na/c10-7-5-3-4(11(14)15)1-2-6(5)16-8(7)9(12)13;/h1-3H,(H,12,13);/q;+1/p-1. The molecule has 0 amide bonds. The van der Waals surface area contributed by atoms with Gasteiger partial charge >= 0.3 is 29.6 Å². The first-order chi connectivity index (χ1) is 7.50. The summed E-state index contributed by atoms with van der Waals surface area (Å²) in [5.74, 6) is -1.38. The van der Waals surface area contributed by atoms with Gasteiger partial charge in [0.1, 0.15) is 0 Å². The van der Waals surface area contributed by atoms with Crippen molar-refractivity contribution in [1.29, 1.82) is 0 Å². The molecule has 5 nitrogen and oxygen atoms in total. The third-order valence-corrected chi connectivity index (χ3v) is 3.66. The van der Waals surface area contributed by atoms with E-state index in [9.17, 15) is 20.0 Å². The van der Waals surface area contributed by atoms with Crippen LogP contribution >= 0.6 is 22.9 Å². The van der Waals surface area contributed by atoms with Crippen LogP contribution in [0.1, 0.15) is 9.67 Å². The maximum Gasteiger partial charge on any atom is 1.00 e. The van der Waals surface area contributed by atoms with Crippen molar-refractivity contribution in [1.82, 2.24) is 0 Å². The molecule has 0 radical (unpaired) electrons. The molecule has 2 aromatic rings. The molecule has 0 bridgehead atoms. The summed E-state index contributed by atoms with van der Waals surface area (Å²) in [5.41, 5.74) is -0.128. The van der Waals surface area contributed by atoms with Gasteiger partial charge in [-0.1, -0.05) is 11.6 Å². The van der Waals surface area contributed by atoms with E-state index in [-0.39, 0.29) is 45.1 Å². The number of hydrogen-bond acceptors (Lipinski definition) is 5. The molecule has 1 aromatic carbocycles. The van der Waals surface area contributed by atoms with Crippen LogP contribution in [-0.4, -0.2) is 10.9 Å². The van der Waals surface area contributed by atoms with Gasteiger partial charge in [0, 0.05) is 22.2 Å². The second-order valence-electron chi connectivity index (χ2n) is 2.97. The van der Waals surface area contributed by atoms with Crippen LogP contribution in [0.5, 0.6) is 0 Å². The Labute approximate surface area is 126 Å². The normalized spacial score (nSPS) is 9.94. The number of non-ortho nitro benzene ring substituents is 1. The number of aromatic carboxylic acids is 1. The number of carboxylic acids is 1. The minimum atomic E-state index is -1.38. The first kappa shape index (κ1) is 14.4. The maximum atomic E-state index is 10.7. The number of halogens is 1. The van der Waals surface area contributed by atoms with Crippen LogP contribution in [0.15, 0.2) is 18.2 Å². The quantitative estimate of drug-likeness (QED) is 0.394. The van der Waals surface area contributed by atoms with Crippen molar-refractivity contribution >= 4 is 44.7 Å². The molecule has 0 N–H and O–H groups in total. The first-order valence-corrected chi connectivity index (χ1v) is 5.28. The number of rotatable bonds is 2. The molecule has 0 spiro atoms. The number of carboxylic acid groups (broad SMARTS) is 1. The molecular weight excluding hydrogens is 277 g/mol. The van der Waals surface area contributed by atoms with Crippen molar-refractivity contribution in [2.24, 2.45) is 0 Å². The number of hydrogen-bond donors (Lipinski definition) is 0. The zero-order chi connectivity index (χ0) is 11.9. The Balaban J connectivity index is 0.00000144. The minimum absolute atomic E-state index is 0. The molecule has 0 fully saturated rings. The summed E-state index contributed by atoms with van der Waals surface area (Å²) in [4.78, 5) is 20.5. The second kappa shape index (κ2) is 5.32. The van der Waals surface area contributed by atoms with Crippen LogP contribution in [0.4, 0.5) is 5.69 Å². The largest absolute Gasteiger partial charge is 1.00 e. The van der Waals surface area contributed by atoms with Crippen LogP contribution < -0.4 is 34.7 Å². The Morgan fingerprint density at radius 2 is 2.06 bits per heavy atom. The summed E-state index contributed by atoms with van der Waals surface area (Å²) < 4.78 is 0.579. The molecule has 17 heavy (non-hydrogen) atoms. The van der Waals surface area contributed by atoms with Crippen molar-refractivity contribution < 1.29 is 44.4 Å². The number of carbonyl (C=O) groups excluding carboxylic acids is 1. The first-order valence-electron chi connectivity index (χ1n) is 4.08. The summed E-state index contributed by atoms with van der Waals surface area (Å²) in [7, 11) is 0. The maximum absolute atomic E-state index is 10.7. The third-order valence-electron chi connectivity index (χ3n) is 2.01. The van der Waals surface area contributed by atoms with E-state index in [2.05, 4.69) is 0 Å². The summed E-state index contributed by atoms with van der Waals surface area (Å²) in [6, 6.07) is 4.02. The van der Waals surface area contributed by atoms with Gasteiger partial charge in [-0.2, -0.15) is 0 Å². The van der Waals surface area contributed by atoms with E-state index in [0.717, 1.165) is 11.3 Å². The molecule has 0 saturated carbocycles. The van der Waals surface area contributed by atoms with Gasteiger partial charge in [-0.25, -0.2) is 0 Å².